The van der Waals surface area contributed by atoms with Gasteiger partial charge in [-0.1, -0.05) is 106 Å². The first-order chi connectivity index (χ1) is 18.3. The van der Waals surface area contributed by atoms with Crippen molar-refractivity contribution in [2.75, 3.05) is 6.61 Å². The SMILES string of the molecule is CC(C)(C)c1ccc(OCC(=O)N(Cc2ccccc2)[C@@H](Cc2ccccc2)C(=O)NC2CCCC2)cc1. The number of ether oxygens (including phenoxy) is 1. The van der Waals surface area contributed by atoms with Gasteiger partial charge in [0.05, 0.1) is 0 Å². The van der Waals surface area contributed by atoms with E-state index in [2.05, 4.69) is 26.1 Å². The molecule has 1 aliphatic rings. The maximum absolute atomic E-state index is 13.7. The maximum atomic E-state index is 13.7. The molecule has 0 spiro atoms. The lowest BCUT2D eigenvalue weighted by Gasteiger charge is -2.32. The lowest BCUT2D eigenvalue weighted by Crippen LogP contribution is -2.53. The second kappa shape index (κ2) is 12.8. The summed E-state index contributed by atoms with van der Waals surface area (Å²) in [4.78, 5) is 29.1. The minimum atomic E-state index is -0.641. The van der Waals surface area contributed by atoms with Crippen molar-refractivity contribution in [1.29, 1.82) is 0 Å². The summed E-state index contributed by atoms with van der Waals surface area (Å²) in [5.41, 5.74) is 3.23. The molecule has 0 bridgehead atoms. The quantitative estimate of drug-likeness (QED) is 0.359. The number of hydrogen-bond acceptors (Lipinski definition) is 3. The third kappa shape index (κ3) is 7.70. The van der Waals surface area contributed by atoms with Gasteiger partial charge in [0.1, 0.15) is 11.8 Å². The number of nitrogens with zero attached hydrogens (tertiary/aromatic N) is 1. The summed E-state index contributed by atoms with van der Waals surface area (Å²) in [7, 11) is 0. The summed E-state index contributed by atoms with van der Waals surface area (Å²) in [5, 5.41) is 3.24. The highest BCUT2D eigenvalue weighted by atomic mass is 16.5. The normalized spacial score (nSPS) is 14.6. The summed E-state index contributed by atoms with van der Waals surface area (Å²) < 4.78 is 5.94. The van der Waals surface area contributed by atoms with E-state index in [0.29, 0.717) is 18.7 Å². The van der Waals surface area contributed by atoms with E-state index in [-0.39, 0.29) is 29.9 Å². The molecular weight excluding hydrogens is 472 g/mol. The standard InChI is InChI=1S/C33H40N2O3/c1-33(2,3)27-18-20-29(21-19-27)38-24-31(36)35(23-26-14-8-5-9-15-26)30(22-25-12-6-4-7-13-25)32(37)34-28-16-10-11-17-28/h4-9,12-15,18-21,28,30H,10-11,16-17,22-24H2,1-3H3,(H,34,37)/t30-/m0/s1. The average Bonchev–Trinajstić information content (AvgIpc) is 3.43. The topological polar surface area (TPSA) is 58.6 Å². The molecule has 1 fully saturated rings. The number of rotatable bonds is 10. The molecule has 3 aromatic carbocycles. The van der Waals surface area contributed by atoms with E-state index in [1.807, 2.05) is 84.9 Å². The van der Waals surface area contributed by atoms with Gasteiger partial charge >= 0.3 is 0 Å². The van der Waals surface area contributed by atoms with Crippen molar-refractivity contribution in [3.8, 4) is 5.75 Å². The predicted octanol–water partition coefficient (Wildman–Crippen LogP) is 6.06. The Morgan fingerprint density at radius 2 is 1.45 bits per heavy atom. The molecule has 5 nitrogen and oxygen atoms in total. The Morgan fingerprint density at radius 3 is 2.03 bits per heavy atom. The third-order valence-electron chi connectivity index (χ3n) is 7.25. The number of carbonyl (C=O) groups excluding carboxylic acids is 2. The van der Waals surface area contributed by atoms with Crippen LogP contribution >= 0.6 is 0 Å². The Kier molecular flexibility index (Phi) is 9.22. The molecule has 0 unspecified atom stereocenters. The van der Waals surface area contributed by atoms with Crippen LogP contribution in [0, 0.1) is 0 Å². The molecule has 1 saturated carbocycles. The van der Waals surface area contributed by atoms with Gasteiger partial charge in [-0.3, -0.25) is 9.59 Å². The molecule has 0 radical (unpaired) electrons. The molecule has 38 heavy (non-hydrogen) atoms. The molecule has 200 valence electrons. The van der Waals surface area contributed by atoms with Gasteiger partial charge in [0, 0.05) is 19.0 Å². The van der Waals surface area contributed by atoms with E-state index < -0.39 is 6.04 Å². The van der Waals surface area contributed by atoms with E-state index in [1.165, 1.54) is 5.56 Å². The molecule has 0 heterocycles. The largest absolute Gasteiger partial charge is 0.484 e. The van der Waals surface area contributed by atoms with Gasteiger partial charge < -0.3 is 15.0 Å². The first-order valence-corrected chi connectivity index (χ1v) is 13.7. The van der Waals surface area contributed by atoms with Crippen LogP contribution in [0.3, 0.4) is 0 Å². The van der Waals surface area contributed by atoms with E-state index in [4.69, 9.17) is 4.74 Å². The first-order valence-electron chi connectivity index (χ1n) is 13.7. The molecule has 2 amide bonds. The summed E-state index contributed by atoms with van der Waals surface area (Å²) in [6, 6.07) is 27.2. The van der Waals surface area contributed by atoms with Gasteiger partial charge in [0.15, 0.2) is 6.61 Å². The molecule has 0 saturated heterocycles. The molecule has 3 aromatic rings. The van der Waals surface area contributed by atoms with Crippen molar-refractivity contribution in [2.45, 2.75) is 76.9 Å². The Hall–Kier alpha value is -3.60. The van der Waals surface area contributed by atoms with Crippen molar-refractivity contribution in [2.24, 2.45) is 0 Å². The lowest BCUT2D eigenvalue weighted by atomic mass is 9.87. The Morgan fingerprint density at radius 1 is 0.868 bits per heavy atom. The predicted molar refractivity (Wildman–Crippen MR) is 152 cm³/mol. The minimum Gasteiger partial charge on any atom is -0.484 e. The molecule has 1 N–H and O–H groups in total. The second-order valence-electron chi connectivity index (χ2n) is 11.3. The third-order valence-corrected chi connectivity index (χ3v) is 7.25. The zero-order chi connectivity index (χ0) is 27.0. The highest BCUT2D eigenvalue weighted by Gasteiger charge is 2.32. The van der Waals surface area contributed by atoms with Gasteiger partial charge in [-0.25, -0.2) is 0 Å². The summed E-state index contributed by atoms with van der Waals surface area (Å²) >= 11 is 0. The molecule has 4 rings (SSSR count). The van der Waals surface area contributed by atoms with Crippen LogP contribution < -0.4 is 10.1 Å². The highest BCUT2D eigenvalue weighted by molar-refractivity contribution is 5.88. The van der Waals surface area contributed by atoms with Crippen LogP contribution in [0.4, 0.5) is 0 Å². The molecular formula is C33H40N2O3. The van der Waals surface area contributed by atoms with E-state index in [9.17, 15) is 9.59 Å². The van der Waals surface area contributed by atoms with Crippen LogP contribution in [-0.4, -0.2) is 35.4 Å². The van der Waals surface area contributed by atoms with E-state index in [0.717, 1.165) is 36.8 Å². The van der Waals surface area contributed by atoms with Gasteiger partial charge in [-0.2, -0.15) is 0 Å². The van der Waals surface area contributed by atoms with E-state index >= 15 is 0 Å². The molecule has 1 aliphatic carbocycles. The van der Waals surface area contributed by atoms with Crippen LogP contribution in [-0.2, 0) is 28.0 Å². The minimum absolute atomic E-state index is 0.0399. The number of amides is 2. The van der Waals surface area contributed by atoms with Crippen LogP contribution in [0.1, 0.15) is 63.1 Å². The van der Waals surface area contributed by atoms with Crippen LogP contribution in [0.2, 0.25) is 0 Å². The van der Waals surface area contributed by atoms with Gasteiger partial charge in [-0.15, -0.1) is 0 Å². The number of carbonyl (C=O) groups is 2. The molecule has 0 aliphatic heterocycles. The number of benzene rings is 3. The van der Waals surface area contributed by atoms with Crippen molar-refractivity contribution < 1.29 is 14.3 Å². The fraction of sp³-hybridized carbons (Fsp3) is 0.394. The summed E-state index contributed by atoms with van der Waals surface area (Å²) in [6.45, 7) is 6.69. The average molecular weight is 513 g/mol. The lowest BCUT2D eigenvalue weighted by molar-refractivity contribution is -0.143. The van der Waals surface area contributed by atoms with Crippen LogP contribution in [0.15, 0.2) is 84.9 Å². The fourth-order valence-electron chi connectivity index (χ4n) is 4.98. The Labute approximate surface area is 227 Å². The van der Waals surface area contributed by atoms with Crippen molar-refractivity contribution in [3.63, 3.8) is 0 Å². The van der Waals surface area contributed by atoms with Crippen LogP contribution in [0.5, 0.6) is 5.75 Å². The molecule has 1 atom stereocenters. The molecule has 0 aromatic heterocycles. The fourth-order valence-corrected chi connectivity index (χ4v) is 4.98. The van der Waals surface area contributed by atoms with Crippen LogP contribution in [0.25, 0.3) is 0 Å². The maximum Gasteiger partial charge on any atom is 0.261 e. The summed E-state index contributed by atoms with van der Waals surface area (Å²) in [6.07, 6.45) is 4.68. The monoisotopic (exact) mass is 512 g/mol. The van der Waals surface area contributed by atoms with Crippen molar-refractivity contribution in [1.82, 2.24) is 10.2 Å². The van der Waals surface area contributed by atoms with E-state index in [1.54, 1.807) is 4.90 Å². The van der Waals surface area contributed by atoms with Crippen molar-refractivity contribution >= 4 is 11.8 Å². The Bertz CT molecular complexity index is 1160. The Balaban J connectivity index is 1.56. The summed E-state index contributed by atoms with van der Waals surface area (Å²) in [5.74, 6) is 0.330. The molecule has 5 heteroatoms. The van der Waals surface area contributed by atoms with Gasteiger partial charge in [0.25, 0.3) is 5.91 Å². The zero-order valence-corrected chi connectivity index (χ0v) is 22.9. The zero-order valence-electron chi connectivity index (χ0n) is 22.9. The number of hydrogen-bond donors (Lipinski definition) is 1. The highest BCUT2D eigenvalue weighted by Crippen LogP contribution is 2.25. The van der Waals surface area contributed by atoms with Gasteiger partial charge in [0.2, 0.25) is 5.91 Å². The second-order valence-corrected chi connectivity index (χ2v) is 11.3. The van der Waals surface area contributed by atoms with Gasteiger partial charge in [-0.05, 0) is 47.1 Å². The number of nitrogens with one attached hydrogen (secondary N) is 1. The smallest absolute Gasteiger partial charge is 0.261 e. The first kappa shape index (κ1) is 27.4. The van der Waals surface area contributed by atoms with Crippen molar-refractivity contribution in [3.05, 3.63) is 102 Å².